The molecule has 0 saturated carbocycles. The zero-order valence-corrected chi connectivity index (χ0v) is 18.4. The Morgan fingerprint density at radius 2 is 1.66 bits per heavy atom. The Balaban J connectivity index is 1.78. The standard InChI is InChI=1S/C25H16ClNO4S/c1-30-17-12-8-14(9-13-17)21-23(32-24(27-21)15-6-10-16(26)11-7-15)20-22(28)18-4-2-3-5-19(18)31-25(20)29/h2-13,28H,1H3. The fraction of sp³-hybridized carbons (Fsp3) is 0.0400. The van der Waals surface area contributed by atoms with Crippen LogP contribution in [0.15, 0.2) is 82.0 Å². The summed E-state index contributed by atoms with van der Waals surface area (Å²) in [4.78, 5) is 18.3. The molecule has 0 atom stereocenters. The number of nitrogens with zero attached hydrogens (tertiary/aromatic N) is 1. The van der Waals surface area contributed by atoms with Crippen LogP contribution in [0.5, 0.6) is 11.5 Å². The Morgan fingerprint density at radius 3 is 2.38 bits per heavy atom. The van der Waals surface area contributed by atoms with Crippen LogP contribution < -0.4 is 10.4 Å². The van der Waals surface area contributed by atoms with Crippen molar-refractivity contribution in [3.8, 4) is 43.8 Å². The molecule has 158 valence electrons. The number of thiazole rings is 1. The summed E-state index contributed by atoms with van der Waals surface area (Å²) in [6.45, 7) is 0. The molecule has 0 saturated heterocycles. The Bertz CT molecular complexity index is 1490. The summed E-state index contributed by atoms with van der Waals surface area (Å²) >= 11 is 7.35. The number of halogens is 1. The maximum absolute atomic E-state index is 12.9. The molecule has 1 N–H and O–H groups in total. The second kappa shape index (κ2) is 8.15. The Labute approximate surface area is 192 Å². The fourth-order valence-electron chi connectivity index (χ4n) is 3.48. The molecule has 0 spiro atoms. The van der Waals surface area contributed by atoms with Gasteiger partial charge in [-0.25, -0.2) is 9.78 Å². The molecule has 3 aromatic carbocycles. The summed E-state index contributed by atoms with van der Waals surface area (Å²) in [5, 5.41) is 12.8. The Morgan fingerprint density at radius 1 is 0.969 bits per heavy atom. The highest BCUT2D eigenvalue weighted by Gasteiger charge is 2.24. The number of rotatable bonds is 4. The average Bonchev–Trinajstić information content (AvgIpc) is 3.24. The number of fused-ring (bicyclic) bond motifs is 1. The lowest BCUT2D eigenvalue weighted by molar-refractivity contribution is 0.415. The third-order valence-electron chi connectivity index (χ3n) is 5.09. The zero-order chi connectivity index (χ0) is 22.2. The number of hydrogen-bond acceptors (Lipinski definition) is 6. The van der Waals surface area contributed by atoms with Crippen molar-refractivity contribution in [2.24, 2.45) is 0 Å². The first kappa shape index (κ1) is 20.3. The molecule has 5 aromatic rings. The van der Waals surface area contributed by atoms with Gasteiger partial charge < -0.3 is 14.3 Å². The third-order valence-corrected chi connectivity index (χ3v) is 6.47. The van der Waals surface area contributed by atoms with Gasteiger partial charge in [-0.05, 0) is 48.5 Å². The van der Waals surface area contributed by atoms with E-state index in [0.717, 1.165) is 11.1 Å². The highest BCUT2D eigenvalue weighted by Crippen LogP contribution is 2.44. The summed E-state index contributed by atoms with van der Waals surface area (Å²) in [6.07, 6.45) is 0. The number of benzene rings is 3. The van der Waals surface area contributed by atoms with Crippen LogP contribution in [-0.2, 0) is 0 Å². The molecule has 0 fully saturated rings. The van der Waals surface area contributed by atoms with Crippen molar-refractivity contribution >= 4 is 33.9 Å². The van der Waals surface area contributed by atoms with Crippen molar-refractivity contribution in [2.75, 3.05) is 7.11 Å². The Kier molecular flexibility index (Phi) is 5.17. The molecular weight excluding hydrogens is 446 g/mol. The summed E-state index contributed by atoms with van der Waals surface area (Å²) in [7, 11) is 1.60. The predicted octanol–water partition coefficient (Wildman–Crippen LogP) is 6.62. The van der Waals surface area contributed by atoms with Crippen LogP contribution >= 0.6 is 22.9 Å². The highest BCUT2D eigenvalue weighted by molar-refractivity contribution is 7.19. The predicted molar refractivity (Wildman–Crippen MR) is 128 cm³/mol. The number of methoxy groups -OCH3 is 1. The number of para-hydroxylation sites is 1. The van der Waals surface area contributed by atoms with Gasteiger partial charge in [0.2, 0.25) is 0 Å². The van der Waals surface area contributed by atoms with Crippen LogP contribution in [0.4, 0.5) is 0 Å². The molecule has 5 rings (SSSR count). The maximum atomic E-state index is 12.9. The van der Waals surface area contributed by atoms with Crippen LogP contribution in [0.3, 0.4) is 0 Å². The molecule has 5 nitrogen and oxygen atoms in total. The van der Waals surface area contributed by atoms with E-state index in [1.165, 1.54) is 11.3 Å². The van der Waals surface area contributed by atoms with Gasteiger partial charge in [0.05, 0.1) is 23.1 Å². The zero-order valence-electron chi connectivity index (χ0n) is 16.8. The smallest absolute Gasteiger partial charge is 0.348 e. The van der Waals surface area contributed by atoms with E-state index in [0.29, 0.717) is 37.3 Å². The van der Waals surface area contributed by atoms with Gasteiger partial charge >= 0.3 is 5.63 Å². The SMILES string of the molecule is COc1ccc(-c2nc(-c3ccc(Cl)cc3)sc2-c2c(O)c3ccccc3oc2=O)cc1. The van der Waals surface area contributed by atoms with Crippen LogP contribution in [0.1, 0.15) is 0 Å². The molecule has 0 aliphatic rings. The molecule has 7 heteroatoms. The van der Waals surface area contributed by atoms with E-state index in [1.54, 1.807) is 43.5 Å². The van der Waals surface area contributed by atoms with Gasteiger partial charge in [0.1, 0.15) is 27.7 Å². The quantitative estimate of drug-likeness (QED) is 0.304. The molecular formula is C25H16ClNO4S. The summed E-state index contributed by atoms with van der Waals surface area (Å²) < 4.78 is 10.8. The number of hydrogen-bond donors (Lipinski definition) is 1. The number of ether oxygens (including phenoxy) is 1. The van der Waals surface area contributed by atoms with E-state index in [-0.39, 0.29) is 11.3 Å². The molecule has 0 aliphatic heterocycles. The second-order valence-corrected chi connectivity index (χ2v) is 8.48. The lowest BCUT2D eigenvalue weighted by atomic mass is 10.1. The van der Waals surface area contributed by atoms with E-state index < -0.39 is 5.63 Å². The van der Waals surface area contributed by atoms with Gasteiger partial charge in [-0.2, -0.15) is 0 Å². The van der Waals surface area contributed by atoms with Gasteiger partial charge in [0.25, 0.3) is 0 Å². The third kappa shape index (κ3) is 3.53. The number of aromatic hydroxyl groups is 1. The lowest BCUT2D eigenvalue weighted by Crippen LogP contribution is -2.03. The van der Waals surface area contributed by atoms with Crippen molar-refractivity contribution in [1.29, 1.82) is 0 Å². The average molecular weight is 462 g/mol. The monoisotopic (exact) mass is 461 g/mol. The van der Waals surface area contributed by atoms with E-state index >= 15 is 0 Å². The van der Waals surface area contributed by atoms with Gasteiger partial charge in [-0.15, -0.1) is 11.3 Å². The van der Waals surface area contributed by atoms with Gasteiger partial charge in [0, 0.05) is 16.1 Å². The Hall–Kier alpha value is -3.61. The topological polar surface area (TPSA) is 72.6 Å². The second-order valence-electron chi connectivity index (χ2n) is 7.04. The molecule has 32 heavy (non-hydrogen) atoms. The highest BCUT2D eigenvalue weighted by atomic mass is 35.5. The van der Waals surface area contributed by atoms with E-state index in [4.69, 9.17) is 25.7 Å². The minimum atomic E-state index is -0.623. The van der Waals surface area contributed by atoms with Crippen molar-refractivity contribution in [3.05, 3.63) is 88.2 Å². The first-order chi connectivity index (χ1) is 15.5. The van der Waals surface area contributed by atoms with Crippen LogP contribution in [0, 0.1) is 0 Å². The van der Waals surface area contributed by atoms with Crippen molar-refractivity contribution < 1.29 is 14.3 Å². The van der Waals surface area contributed by atoms with Crippen LogP contribution in [0.2, 0.25) is 5.02 Å². The first-order valence-electron chi connectivity index (χ1n) is 9.71. The molecule has 0 aliphatic carbocycles. The van der Waals surface area contributed by atoms with Crippen molar-refractivity contribution in [3.63, 3.8) is 0 Å². The van der Waals surface area contributed by atoms with Gasteiger partial charge in [0.15, 0.2) is 0 Å². The molecule has 0 radical (unpaired) electrons. The largest absolute Gasteiger partial charge is 0.506 e. The van der Waals surface area contributed by atoms with E-state index in [1.807, 2.05) is 36.4 Å². The normalized spacial score (nSPS) is 11.1. The molecule has 0 bridgehead atoms. The number of aromatic nitrogens is 1. The fourth-order valence-corrected chi connectivity index (χ4v) is 4.74. The minimum Gasteiger partial charge on any atom is -0.506 e. The molecule has 0 unspecified atom stereocenters. The molecule has 2 aromatic heterocycles. The van der Waals surface area contributed by atoms with E-state index in [9.17, 15) is 9.90 Å². The summed E-state index contributed by atoms with van der Waals surface area (Å²) in [6, 6.07) is 21.6. The minimum absolute atomic E-state index is 0.0900. The van der Waals surface area contributed by atoms with Crippen molar-refractivity contribution in [2.45, 2.75) is 0 Å². The first-order valence-corrected chi connectivity index (χ1v) is 10.9. The molecule has 2 heterocycles. The maximum Gasteiger partial charge on any atom is 0.348 e. The van der Waals surface area contributed by atoms with Crippen LogP contribution in [0.25, 0.3) is 43.2 Å². The lowest BCUT2D eigenvalue weighted by Gasteiger charge is -2.07. The van der Waals surface area contributed by atoms with Gasteiger partial charge in [-0.1, -0.05) is 35.9 Å². The van der Waals surface area contributed by atoms with Gasteiger partial charge in [-0.3, -0.25) is 0 Å². The van der Waals surface area contributed by atoms with Crippen molar-refractivity contribution in [1.82, 2.24) is 4.98 Å². The molecule has 0 amide bonds. The summed E-state index contributed by atoms with van der Waals surface area (Å²) in [5.41, 5.74) is 2.00. The van der Waals surface area contributed by atoms with Crippen LogP contribution in [-0.4, -0.2) is 17.2 Å². The van der Waals surface area contributed by atoms with E-state index in [2.05, 4.69) is 0 Å². The summed E-state index contributed by atoms with van der Waals surface area (Å²) in [5.74, 6) is 0.578.